The van der Waals surface area contributed by atoms with E-state index < -0.39 is 6.10 Å². The SMILES string of the molecule is COc1ccc(C(O)CCN2CCN(c3ccccc3SC(C)C)CC2)cc1OC.Cl. The van der Waals surface area contributed by atoms with Crippen LogP contribution in [0.3, 0.4) is 0 Å². The standard InChI is InChI=1S/C24H34N2O3S.ClH/c1-18(2)30-24-8-6-5-7-20(24)26-15-13-25(14-16-26)12-11-21(27)19-9-10-22(28-3)23(17-19)29-4;/h5-10,17-18,21,27H,11-16H2,1-4H3;1H. The summed E-state index contributed by atoms with van der Waals surface area (Å²) in [6.45, 7) is 9.42. The number of ether oxygens (including phenoxy) is 2. The van der Waals surface area contributed by atoms with Crippen LogP contribution in [0.1, 0.15) is 31.9 Å². The molecule has 1 saturated heterocycles. The molecule has 1 aliphatic rings. The lowest BCUT2D eigenvalue weighted by molar-refractivity contribution is 0.139. The summed E-state index contributed by atoms with van der Waals surface area (Å²) in [5, 5.41) is 11.2. The Morgan fingerprint density at radius 1 is 0.968 bits per heavy atom. The minimum Gasteiger partial charge on any atom is -0.493 e. The molecule has 0 spiro atoms. The highest BCUT2D eigenvalue weighted by Crippen LogP contribution is 2.34. The first-order chi connectivity index (χ1) is 14.5. The molecule has 2 aromatic rings. The van der Waals surface area contributed by atoms with Crippen molar-refractivity contribution in [1.82, 2.24) is 4.90 Å². The van der Waals surface area contributed by atoms with E-state index in [1.54, 1.807) is 14.2 Å². The second-order valence-electron chi connectivity index (χ2n) is 7.88. The van der Waals surface area contributed by atoms with E-state index in [0.717, 1.165) is 38.3 Å². The Morgan fingerprint density at radius 3 is 2.29 bits per heavy atom. The van der Waals surface area contributed by atoms with E-state index in [9.17, 15) is 5.11 Å². The van der Waals surface area contributed by atoms with E-state index in [1.165, 1.54) is 10.6 Å². The van der Waals surface area contributed by atoms with Crippen molar-refractivity contribution < 1.29 is 14.6 Å². The van der Waals surface area contributed by atoms with Crippen LogP contribution in [0.15, 0.2) is 47.4 Å². The molecule has 1 unspecified atom stereocenters. The minimum absolute atomic E-state index is 0. The first-order valence-electron chi connectivity index (χ1n) is 10.6. The normalized spacial score (nSPS) is 15.5. The van der Waals surface area contributed by atoms with Crippen molar-refractivity contribution in [3.63, 3.8) is 0 Å². The maximum atomic E-state index is 10.6. The zero-order valence-corrected chi connectivity index (χ0v) is 20.5. The molecule has 3 rings (SSSR count). The Morgan fingerprint density at radius 2 is 1.65 bits per heavy atom. The summed E-state index contributed by atoms with van der Waals surface area (Å²) >= 11 is 1.93. The zero-order chi connectivity index (χ0) is 21.5. The number of nitrogens with zero attached hydrogens (tertiary/aromatic N) is 2. The average Bonchev–Trinajstić information content (AvgIpc) is 2.77. The third-order valence-corrected chi connectivity index (χ3v) is 6.52. The number of halogens is 1. The third kappa shape index (κ3) is 6.94. The highest BCUT2D eigenvalue weighted by atomic mass is 35.5. The van der Waals surface area contributed by atoms with Gasteiger partial charge in [0.05, 0.1) is 26.0 Å². The van der Waals surface area contributed by atoms with Crippen LogP contribution in [-0.2, 0) is 0 Å². The molecule has 0 saturated carbocycles. The van der Waals surface area contributed by atoms with Crippen molar-refractivity contribution >= 4 is 29.9 Å². The number of rotatable bonds is 9. The lowest BCUT2D eigenvalue weighted by Crippen LogP contribution is -2.47. The smallest absolute Gasteiger partial charge is 0.161 e. The maximum absolute atomic E-state index is 10.6. The Kier molecular flexibility index (Phi) is 10.3. The fourth-order valence-electron chi connectivity index (χ4n) is 3.82. The Bertz CT molecular complexity index is 813. The third-order valence-electron chi connectivity index (χ3n) is 5.45. The number of para-hydroxylation sites is 1. The van der Waals surface area contributed by atoms with Gasteiger partial charge in [-0.3, -0.25) is 4.90 Å². The van der Waals surface area contributed by atoms with Gasteiger partial charge in [-0.05, 0) is 36.2 Å². The van der Waals surface area contributed by atoms with Crippen molar-refractivity contribution in [2.45, 2.75) is 36.5 Å². The fraction of sp³-hybridized carbons (Fsp3) is 0.500. The summed E-state index contributed by atoms with van der Waals surface area (Å²) in [4.78, 5) is 6.30. The van der Waals surface area contributed by atoms with Gasteiger partial charge in [-0.1, -0.05) is 32.0 Å². The largest absolute Gasteiger partial charge is 0.493 e. The van der Waals surface area contributed by atoms with E-state index in [0.29, 0.717) is 23.2 Å². The van der Waals surface area contributed by atoms with Crippen molar-refractivity contribution in [2.24, 2.45) is 0 Å². The summed E-state index contributed by atoms with van der Waals surface area (Å²) in [7, 11) is 3.23. The fourth-order valence-corrected chi connectivity index (χ4v) is 4.80. The molecule has 31 heavy (non-hydrogen) atoms. The highest BCUT2D eigenvalue weighted by molar-refractivity contribution is 8.00. The molecule has 1 atom stereocenters. The molecular formula is C24H35ClN2O3S. The van der Waals surface area contributed by atoms with Gasteiger partial charge in [0, 0.05) is 42.9 Å². The van der Waals surface area contributed by atoms with Crippen LogP contribution in [0.5, 0.6) is 11.5 Å². The molecular weight excluding hydrogens is 432 g/mol. The van der Waals surface area contributed by atoms with E-state index in [-0.39, 0.29) is 12.4 Å². The molecule has 5 nitrogen and oxygen atoms in total. The number of thioether (sulfide) groups is 1. The number of hydrogen-bond acceptors (Lipinski definition) is 6. The molecule has 2 aromatic carbocycles. The number of aliphatic hydroxyl groups is 1. The quantitative estimate of drug-likeness (QED) is 0.532. The minimum atomic E-state index is -0.508. The van der Waals surface area contributed by atoms with Gasteiger partial charge in [0.1, 0.15) is 0 Å². The molecule has 0 aromatic heterocycles. The second-order valence-corrected chi connectivity index (χ2v) is 9.50. The molecule has 0 bridgehead atoms. The molecule has 1 heterocycles. The Hall–Kier alpha value is -1.60. The first kappa shape index (κ1) is 25.7. The second kappa shape index (κ2) is 12.4. The Labute approximate surface area is 197 Å². The van der Waals surface area contributed by atoms with E-state index in [2.05, 4.69) is 47.9 Å². The van der Waals surface area contributed by atoms with E-state index >= 15 is 0 Å². The molecule has 0 amide bonds. The van der Waals surface area contributed by atoms with E-state index in [4.69, 9.17) is 9.47 Å². The molecule has 1 N–H and O–H groups in total. The van der Waals surface area contributed by atoms with Crippen LogP contribution >= 0.6 is 24.2 Å². The summed E-state index contributed by atoms with van der Waals surface area (Å²) < 4.78 is 10.6. The van der Waals surface area contributed by atoms with Gasteiger partial charge in [-0.2, -0.15) is 0 Å². The topological polar surface area (TPSA) is 45.2 Å². The van der Waals surface area contributed by atoms with Gasteiger partial charge < -0.3 is 19.5 Å². The van der Waals surface area contributed by atoms with Crippen LogP contribution in [0.25, 0.3) is 0 Å². The molecule has 1 aliphatic heterocycles. The van der Waals surface area contributed by atoms with Crippen LogP contribution in [0, 0.1) is 0 Å². The van der Waals surface area contributed by atoms with Gasteiger partial charge in [-0.15, -0.1) is 24.2 Å². The molecule has 0 aliphatic carbocycles. The number of benzene rings is 2. The van der Waals surface area contributed by atoms with Crippen molar-refractivity contribution in [1.29, 1.82) is 0 Å². The first-order valence-corrected chi connectivity index (χ1v) is 11.5. The van der Waals surface area contributed by atoms with Gasteiger partial charge in [0.2, 0.25) is 0 Å². The summed E-state index contributed by atoms with van der Waals surface area (Å²) in [6, 6.07) is 14.3. The van der Waals surface area contributed by atoms with Crippen LogP contribution in [0.2, 0.25) is 0 Å². The highest BCUT2D eigenvalue weighted by Gasteiger charge is 2.21. The molecule has 172 valence electrons. The summed E-state index contributed by atoms with van der Waals surface area (Å²) in [5.41, 5.74) is 2.21. The van der Waals surface area contributed by atoms with Crippen molar-refractivity contribution in [2.75, 3.05) is 51.8 Å². The number of methoxy groups -OCH3 is 2. The van der Waals surface area contributed by atoms with Gasteiger partial charge in [0.15, 0.2) is 11.5 Å². The van der Waals surface area contributed by atoms with Gasteiger partial charge in [0.25, 0.3) is 0 Å². The number of hydrogen-bond donors (Lipinski definition) is 1. The van der Waals surface area contributed by atoms with E-state index in [1.807, 2.05) is 30.0 Å². The predicted octanol–water partition coefficient (Wildman–Crippen LogP) is 4.87. The van der Waals surface area contributed by atoms with Gasteiger partial charge in [-0.25, -0.2) is 0 Å². The molecule has 0 radical (unpaired) electrons. The van der Waals surface area contributed by atoms with Crippen molar-refractivity contribution in [3.05, 3.63) is 48.0 Å². The predicted molar refractivity (Wildman–Crippen MR) is 132 cm³/mol. The Balaban J connectivity index is 0.00000341. The van der Waals surface area contributed by atoms with Crippen LogP contribution in [0.4, 0.5) is 5.69 Å². The van der Waals surface area contributed by atoms with Crippen molar-refractivity contribution in [3.8, 4) is 11.5 Å². The van der Waals surface area contributed by atoms with Crippen LogP contribution < -0.4 is 14.4 Å². The zero-order valence-electron chi connectivity index (χ0n) is 18.9. The summed E-state index contributed by atoms with van der Waals surface area (Å²) in [5.74, 6) is 1.33. The monoisotopic (exact) mass is 466 g/mol. The van der Waals surface area contributed by atoms with Crippen LogP contribution in [-0.4, -0.2) is 62.2 Å². The lowest BCUT2D eigenvalue weighted by atomic mass is 10.1. The summed E-state index contributed by atoms with van der Waals surface area (Å²) in [6.07, 6.45) is 0.195. The lowest BCUT2D eigenvalue weighted by Gasteiger charge is -2.37. The number of piperazine rings is 1. The molecule has 7 heteroatoms. The number of aliphatic hydroxyl groups excluding tert-OH is 1. The van der Waals surface area contributed by atoms with Gasteiger partial charge >= 0.3 is 0 Å². The maximum Gasteiger partial charge on any atom is 0.161 e. The number of anilines is 1. The molecule has 1 fully saturated rings. The average molecular weight is 467 g/mol.